The molecule has 70 valence electrons. The largest absolute Gasteiger partial charge is 0.478 e. The fourth-order valence-electron chi connectivity index (χ4n) is 1.26. The van der Waals surface area contributed by atoms with Crippen LogP contribution in [0.1, 0.15) is 5.56 Å². The van der Waals surface area contributed by atoms with Gasteiger partial charge >= 0.3 is 5.97 Å². The van der Waals surface area contributed by atoms with Gasteiger partial charge in [-0.15, -0.1) is 0 Å². The van der Waals surface area contributed by atoms with E-state index in [4.69, 9.17) is 9.52 Å². The average Bonchev–Trinajstić information content (AvgIpc) is 2.61. The van der Waals surface area contributed by atoms with Crippen LogP contribution >= 0.6 is 0 Å². The molecule has 0 fully saturated rings. The first-order valence-electron chi connectivity index (χ1n) is 4.14. The van der Waals surface area contributed by atoms with Crippen LogP contribution in [0.4, 0.5) is 0 Å². The van der Waals surface area contributed by atoms with Crippen LogP contribution in [0.15, 0.2) is 41.0 Å². The highest BCUT2D eigenvalue weighted by Gasteiger charge is 1.96. The Morgan fingerprint density at radius 2 is 2.21 bits per heavy atom. The molecular weight excluding hydrogens is 180 g/mol. The summed E-state index contributed by atoms with van der Waals surface area (Å²) in [5.74, 6) is -0.947. The van der Waals surface area contributed by atoms with E-state index in [-0.39, 0.29) is 0 Å². The molecule has 1 N–H and O–H groups in total. The Balaban J connectivity index is 2.39. The van der Waals surface area contributed by atoms with Crippen molar-refractivity contribution in [3.8, 4) is 0 Å². The molecule has 1 aromatic heterocycles. The van der Waals surface area contributed by atoms with Crippen LogP contribution in [0.5, 0.6) is 0 Å². The third-order valence-electron chi connectivity index (χ3n) is 1.89. The second-order valence-electron chi connectivity index (χ2n) is 2.89. The summed E-state index contributed by atoms with van der Waals surface area (Å²) in [6, 6.07) is 7.34. The van der Waals surface area contributed by atoms with E-state index in [1.54, 1.807) is 12.3 Å². The van der Waals surface area contributed by atoms with Crippen LogP contribution in [0, 0.1) is 0 Å². The summed E-state index contributed by atoms with van der Waals surface area (Å²) >= 11 is 0. The molecular formula is C11H8O3. The maximum atomic E-state index is 10.3. The number of carboxylic acid groups (broad SMARTS) is 1. The van der Waals surface area contributed by atoms with Gasteiger partial charge in [-0.05, 0) is 29.8 Å². The molecule has 0 aliphatic carbocycles. The van der Waals surface area contributed by atoms with Crippen molar-refractivity contribution in [2.45, 2.75) is 0 Å². The Kier molecular flexibility index (Phi) is 2.07. The molecule has 0 radical (unpaired) electrons. The van der Waals surface area contributed by atoms with Gasteiger partial charge in [0.15, 0.2) is 0 Å². The summed E-state index contributed by atoms with van der Waals surface area (Å²) in [4.78, 5) is 10.3. The minimum atomic E-state index is -0.947. The zero-order valence-electron chi connectivity index (χ0n) is 7.31. The van der Waals surface area contributed by atoms with E-state index >= 15 is 0 Å². The fourth-order valence-corrected chi connectivity index (χ4v) is 1.26. The van der Waals surface area contributed by atoms with Crippen molar-refractivity contribution in [1.29, 1.82) is 0 Å². The molecule has 14 heavy (non-hydrogen) atoms. The molecule has 3 heteroatoms. The minimum absolute atomic E-state index is 0.803. The predicted octanol–water partition coefficient (Wildman–Crippen LogP) is 2.53. The van der Waals surface area contributed by atoms with Crippen LogP contribution in [0.2, 0.25) is 0 Å². The Bertz CT molecular complexity index is 494. The first kappa shape index (κ1) is 8.56. The highest BCUT2D eigenvalue weighted by Crippen LogP contribution is 2.17. The second kappa shape index (κ2) is 3.38. The van der Waals surface area contributed by atoms with Gasteiger partial charge in [0.1, 0.15) is 5.58 Å². The number of carboxylic acids is 1. The number of hydrogen-bond donors (Lipinski definition) is 1. The molecule has 1 aromatic carbocycles. The van der Waals surface area contributed by atoms with Crippen molar-refractivity contribution in [1.82, 2.24) is 0 Å². The second-order valence-corrected chi connectivity index (χ2v) is 2.89. The molecule has 2 rings (SSSR count). The standard InChI is InChI=1S/C11H8O3/c12-11(13)4-2-8-1-3-10-9(7-8)5-6-14-10/h1-7H,(H,12,13)/b4-2-. The third kappa shape index (κ3) is 1.66. The number of carbonyl (C=O) groups is 1. The molecule has 3 nitrogen and oxygen atoms in total. The molecule has 0 saturated heterocycles. The number of fused-ring (bicyclic) bond motifs is 1. The van der Waals surface area contributed by atoms with Crippen molar-refractivity contribution in [3.63, 3.8) is 0 Å². The van der Waals surface area contributed by atoms with E-state index in [9.17, 15) is 4.79 Å². The Labute approximate surface area is 80.3 Å². The van der Waals surface area contributed by atoms with Crippen LogP contribution in [-0.2, 0) is 4.79 Å². The molecule has 0 aliphatic heterocycles. The van der Waals surface area contributed by atoms with Crippen molar-refractivity contribution >= 4 is 23.0 Å². The van der Waals surface area contributed by atoms with Gasteiger partial charge in [0.05, 0.1) is 6.26 Å². The summed E-state index contributed by atoms with van der Waals surface area (Å²) in [7, 11) is 0. The Hall–Kier alpha value is -2.03. The molecule has 1 heterocycles. The zero-order chi connectivity index (χ0) is 9.97. The molecule has 0 unspecified atom stereocenters. The lowest BCUT2D eigenvalue weighted by atomic mass is 10.1. The van der Waals surface area contributed by atoms with Gasteiger partial charge < -0.3 is 9.52 Å². The molecule has 0 atom stereocenters. The molecule has 0 saturated carbocycles. The lowest BCUT2D eigenvalue weighted by molar-refractivity contribution is -0.131. The van der Waals surface area contributed by atoms with Gasteiger partial charge in [-0.3, -0.25) is 0 Å². The summed E-state index contributed by atoms with van der Waals surface area (Å²) in [6.07, 6.45) is 4.27. The number of benzene rings is 1. The Morgan fingerprint density at radius 1 is 1.36 bits per heavy atom. The lowest BCUT2D eigenvalue weighted by Gasteiger charge is -1.92. The number of furan rings is 1. The summed E-state index contributed by atoms with van der Waals surface area (Å²) < 4.78 is 5.16. The van der Waals surface area contributed by atoms with Crippen molar-refractivity contribution in [2.75, 3.05) is 0 Å². The fraction of sp³-hybridized carbons (Fsp3) is 0. The maximum absolute atomic E-state index is 10.3. The minimum Gasteiger partial charge on any atom is -0.478 e. The van der Waals surface area contributed by atoms with Crippen LogP contribution < -0.4 is 0 Å². The van der Waals surface area contributed by atoms with E-state index in [0.29, 0.717) is 0 Å². The van der Waals surface area contributed by atoms with Crippen molar-refractivity contribution in [2.24, 2.45) is 0 Å². The quantitative estimate of drug-likeness (QED) is 0.736. The molecule has 0 amide bonds. The van der Waals surface area contributed by atoms with Crippen LogP contribution in [0.25, 0.3) is 17.0 Å². The van der Waals surface area contributed by atoms with Gasteiger partial charge in [-0.2, -0.15) is 0 Å². The van der Waals surface area contributed by atoms with Gasteiger partial charge in [0, 0.05) is 11.5 Å². The normalized spacial score (nSPS) is 11.1. The van der Waals surface area contributed by atoms with Gasteiger partial charge in [0.2, 0.25) is 0 Å². The van der Waals surface area contributed by atoms with Gasteiger partial charge in [0.25, 0.3) is 0 Å². The lowest BCUT2D eigenvalue weighted by Crippen LogP contribution is -1.85. The van der Waals surface area contributed by atoms with Crippen LogP contribution in [-0.4, -0.2) is 11.1 Å². The highest BCUT2D eigenvalue weighted by atomic mass is 16.4. The van der Waals surface area contributed by atoms with Crippen LogP contribution in [0.3, 0.4) is 0 Å². The SMILES string of the molecule is O=C(O)/C=C\c1ccc2occc2c1. The maximum Gasteiger partial charge on any atom is 0.328 e. The zero-order valence-corrected chi connectivity index (χ0v) is 7.31. The van der Waals surface area contributed by atoms with E-state index in [1.165, 1.54) is 0 Å². The average molecular weight is 188 g/mol. The summed E-state index contributed by atoms with van der Waals surface area (Å²) in [6.45, 7) is 0. The summed E-state index contributed by atoms with van der Waals surface area (Å²) in [5, 5.41) is 9.41. The smallest absolute Gasteiger partial charge is 0.328 e. The van der Waals surface area contributed by atoms with Crippen molar-refractivity contribution < 1.29 is 14.3 Å². The third-order valence-corrected chi connectivity index (χ3v) is 1.89. The predicted molar refractivity (Wildman–Crippen MR) is 52.9 cm³/mol. The summed E-state index contributed by atoms with van der Waals surface area (Å²) in [5.41, 5.74) is 1.65. The monoisotopic (exact) mass is 188 g/mol. The first-order valence-corrected chi connectivity index (χ1v) is 4.14. The van der Waals surface area contributed by atoms with Gasteiger partial charge in [-0.1, -0.05) is 6.07 Å². The molecule has 0 bridgehead atoms. The van der Waals surface area contributed by atoms with E-state index in [1.807, 2.05) is 24.3 Å². The first-order chi connectivity index (χ1) is 6.75. The topological polar surface area (TPSA) is 50.4 Å². The van der Waals surface area contributed by atoms with E-state index in [2.05, 4.69) is 0 Å². The Morgan fingerprint density at radius 3 is 3.00 bits per heavy atom. The van der Waals surface area contributed by atoms with E-state index < -0.39 is 5.97 Å². The molecule has 0 spiro atoms. The molecule has 0 aliphatic rings. The van der Waals surface area contributed by atoms with E-state index in [0.717, 1.165) is 22.6 Å². The molecule has 2 aromatic rings. The number of hydrogen-bond acceptors (Lipinski definition) is 2. The van der Waals surface area contributed by atoms with Gasteiger partial charge in [-0.25, -0.2) is 4.79 Å². The van der Waals surface area contributed by atoms with Crippen molar-refractivity contribution in [3.05, 3.63) is 42.2 Å². The number of rotatable bonds is 2. The highest BCUT2D eigenvalue weighted by molar-refractivity contribution is 5.87. The number of aliphatic carboxylic acids is 1.